The first-order valence-corrected chi connectivity index (χ1v) is 3.98. The number of hydrogen-bond acceptors (Lipinski definition) is 3. The summed E-state index contributed by atoms with van der Waals surface area (Å²) in [5.41, 5.74) is 5.40. The fourth-order valence-electron chi connectivity index (χ4n) is 0.806. The molecular formula is C10H7F2N3. The summed E-state index contributed by atoms with van der Waals surface area (Å²) in [6, 6.07) is 4.91. The van der Waals surface area contributed by atoms with Gasteiger partial charge in [0.05, 0.1) is 5.69 Å². The highest BCUT2D eigenvalue weighted by Crippen LogP contribution is 2.15. The Labute approximate surface area is 85.2 Å². The van der Waals surface area contributed by atoms with Crippen LogP contribution in [0.1, 0.15) is 0 Å². The van der Waals surface area contributed by atoms with Gasteiger partial charge >= 0.3 is 0 Å². The molecule has 76 valence electrons. The molecule has 3 nitrogen and oxygen atoms in total. The van der Waals surface area contributed by atoms with Crippen LogP contribution in [0.5, 0.6) is 0 Å². The highest BCUT2D eigenvalue weighted by atomic mass is 19.2. The highest BCUT2D eigenvalue weighted by molar-refractivity contribution is 5.76. The minimum Gasteiger partial charge on any atom is -0.390 e. The van der Waals surface area contributed by atoms with Crippen molar-refractivity contribution in [2.24, 2.45) is 10.7 Å². The summed E-state index contributed by atoms with van der Waals surface area (Å²) < 4.78 is 25.2. The van der Waals surface area contributed by atoms with Crippen LogP contribution in [0.3, 0.4) is 0 Å². The number of nitrogens with zero attached hydrogens (tertiary/aromatic N) is 2. The Morgan fingerprint density at radius 1 is 1.40 bits per heavy atom. The van der Waals surface area contributed by atoms with E-state index >= 15 is 0 Å². The van der Waals surface area contributed by atoms with E-state index in [1.165, 1.54) is 18.4 Å². The lowest BCUT2D eigenvalue weighted by atomic mass is 10.3. The minimum absolute atomic E-state index is 0.0127. The number of nitrogens with two attached hydrogens (primary N) is 1. The molecule has 0 aliphatic carbocycles. The van der Waals surface area contributed by atoms with E-state index in [-0.39, 0.29) is 11.4 Å². The third kappa shape index (κ3) is 3.19. The monoisotopic (exact) mass is 207 g/mol. The molecule has 0 fully saturated rings. The second kappa shape index (κ2) is 4.86. The summed E-state index contributed by atoms with van der Waals surface area (Å²) >= 11 is 0. The van der Waals surface area contributed by atoms with E-state index in [2.05, 4.69) is 4.99 Å². The van der Waals surface area contributed by atoms with Crippen LogP contribution in [0.4, 0.5) is 14.5 Å². The number of nitriles is 1. The van der Waals surface area contributed by atoms with Gasteiger partial charge in [0.2, 0.25) is 0 Å². The van der Waals surface area contributed by atoms with Crippen molar-refractivity contribution in [2.75, 3.05) is 0 Å². The number of allylic oxidation sites excluding steroid dienone is 2. The van der Waals surface area contributed by atoms with Gasteiger partial charge in [-0.2, -0.15) is 5.26 Å². The fraction of sp³-hybridized carbons (Fsp3) is 0. The molecule has 1 aromatic carbocycles. The van der Waals surface area contributed by atoms with Gasteiger partial charge < -0.3 is 5.73 Å². The summed E-state index contributed by atoms with van der Waals surface area (Å²) in [5.74, 6) is -1.90. The van der Waals surface area contributed by atoms with Crippen molar-refractivity contribution in [2.45, 2.75) is 0 Å². The van der Waals surface area contributed by atoms with Gasteiger partial charge in [-0.3, -0.25) is 4.99 Å². The predicted octanol–water partition coefficient (Wildman–Crippen LogP) is 2.03. The van der Waals surface area contributed by atoms with Crippen LogP contribution in [0.15, 0.2) is 35.0 Å². The van der Waals surface area contributed by atoms with Gasteiger partial charge in [0.25, 0.3) is 0 Å². The van der Waals surface area contributed by atoms with E-state index < -0.39 is 11.6 Å². The Hall–Kier alpha value is -2.22. The van der Waals surface area contributed by atoms with Gasteiger partial charge in [-0.1, -0.05) is 0 Å². The molecule has 0 unspecified atom stereocenters. The lowest BCUT2D eigenvalue weighted by molar-refractivity contribution is 0.509. The number of halogens is 2. The average molecular weight is 207 g/mol. The van der Waals surface area contributed by atoms with Crippen molar-refractivity contribution in [3.05, 3.63) is 41.6 Å². The number of hydrogen-bond donors (Lipinski definition) is 1. The Kier molecular flexibility index (Phi) is 3.52. The number of benzene rings is 1. The van der Waals surface area contributed by atoms with E-state index in [1.54, 1.807) is 6.07 Å². The molecule has 0 heterocycles. The van der Waals surface area contributed by atoms with Crippen LogP contribution in [0.2, 0.25) is 0 Å². The molecule has 15 heavy (non-hydrogen) atoms. The van der Waals surface area contributed by atoms with Crippen molar-refractivity contribution >= 4 is 11.9 Å². The zero-order valence-electron chi connectivity index (χ0n) is 7.61. The van der Waals surface area contributed by atoms with Crippen LogP contribution in [0, 0.1) is 23.0 Å². The second-order valence-corrected chi connectivity index (χ2v) is 2.61. The molecule has 0 aliphatic heterocycles. The molecule has 0 aliphatic rings. The molecule has 0 saturated carbocycles. The molecule has 1 aromatic rings. The normalized spacial score (nSPS) is 11.7. The number of aliphatic imine (C=N–C) groups is 1. The van der Waals surface area contributed by atoms with Crippen LogP contribution in [-0.2, 0) is 0 Å². The number of rotatable bonds is 2. The van der Waals surface area contributed by atoms with Gasteiger partial charge in [0.15, 0.2) is 11.6 Å². The SMILES string of the molecule is N#C/C(N)=C/C=Nc1ccc(F)c(F)c1. The molecule has 0 amide bonds. The van der Waals surface area contributed by atoms with Crippen LogP contribution >= 0.6 is 0 Å². The van der Waals surface area contributed by atoms with E-state index in [0.717, 1.165) is 12.1 Å². The van der Waals surface area contributed by atoms with Gasteiger partial charge in [0.1, 0.15) is 11.8 Å². The van der Waals surface area contributed by atoms with Gasteiger partial charge in [-0.15, -0.1) is 0 Å². The van der Waals surface area contributed by atoms with Crippen LogP contribution in [0.25, 0.3) is 0 Å². The summed E-state index contributed by atoms with van der Waals surface area (Å²) in [7, 11) is 0. The maximum Gasteiger partial charge on any atom is 0.160 e. The Bertz CT molecular complexity index is 458. The summed E-state index contributed by atoms with van der Waals surface area (Å²) in [6.07, 6.45) is 2.51. The Morgan fingerprint density at radius 2 is 2.13 bits per heavy atom. The van der Waals surface area contributed by atoms with Gasteiger partial charge in [-0.25, -0.2) is 8.78 Å². The van der Waals surface area contributed by atoms with Crippen molar-refractivity contribution in [1.82, 2.24) is 0 Å². The van der Waals surface area contributed by atoms with E-state index in [1.807, 2.05) is 0 Å². The third-order valence-corrected chi connectivity index (χ3v) is 1.51. The molecular weight excluding hydrogens is 200 g/mol. The molecule has 0 atom stereocenters. The zero-order valence-corrected chi connectivity index (χ0v) is 7.61. The maximum absolute atomic E-state index is 12.7. The van der Waals surface area contributed by atoms with Crippen LogP contribution < -0.4 is 5.73 Å². The van der Waals surface area contributed by atoms with Crippen molar-refractivity contribution < 1.29 is 8.78 Å². The molecule has 0 bridgehead atoms. The molecule has 2 N–H and O–H groups in total. The summed E-state index contributed by atoms with van der Waals surface area (Å²) in [4.78, 5) is 3.76. The zero-order chi connectivity index (χ0) is 11.3. The molecule has 0 radical (unpaired) electrons. The lowest BCUT2D eigenvalue weighted by Crippen LogP contribution is -1.92. The highest BCUT2D eigenvalue weighted by Gasteiger charge is 2.00. The predicted molar refractivity (Wildman–Crippen MR) is 52.4 cm³/mol. The molecule has 5 heteroatoms. The Balaban J connectivity index is 2.83. The minimum atomic E-state index is -0.970. The van der Waals surface area contributed by atoms with Crippen LogP contribution in [-0.4, -0.2) is 6.21 Å². The second-order valence-electron chi connectivity index (χ2n) is 2.61. The molecule has 1 rings (SSSR count). The molecule has 0 saturated heterocycles. The van der Waals surface area contributed by atoms with Gasteiger partial charge in [0, 0.05) is 12.3 Å². The van der Waals surface area contributed by atoms with E-state index in [4.69, 9.17) is 11.0 Å². The Morgan fingerprint density at radius 3 is 2.73 bits per heavy atom. The van der Waals surface area contributed by atoms with E-state index in [9.17, 15) is 8.78 Å². The largest absolute Gasteiger partial charge is 0.390 e. The van der Waals surface area contributed by atoms with E-state index in [0.29, 0.717) is 0 Å². The molecule has 0 aromatic heterocycles. The van der Waals surface area contributed by atoms with Crippen molar-refractivity contribution in [3.8, 4) is 6.07 Å². The first kappa shape index (κ1) is 10.9. The molecule has 0 spiro atoms. The topological polar surface area (TPSA) is 62.2 Å². The first-order valence-electron chi connectivity index (χ1n) is 3.98. The standard InChI is InChI=1S/C10H7F2N3/c11-9-2-1-8(5-10(9)12)15-4-3-7(14)6-13/h1-5H,14H2/b7-3-,15-4?. The average Bonchev–Trinajstić information content (AvgIpc) is 2.23. The van der Waals surface area contributed by atoms with Gasteiger partial charge in [-0.05, 0) is 18.2 Å². The smallest absolute Gasteiger partial charge is 0.160 e. The van der Waals surface area contributed by atoms with Crippen molar-refractivity contribution in [3.63, 3.8) is 0 Å². The lowest BCUT2D eigenvalue weighted by Gasteiger charge is -1.93. The summed E-state index contributed by atoms with van der Waals surface area (Å²) in [5, 5.41) is 8.30. The summed E-state index contributed by atoms with van der Waals surface area (Å²) in [6.45, 7) is 0. The van der Waals surface area contributed by atoms with Crippen molar-refractivity contribution in [1.29, 1.82) is 5.26 Å². The first-order chi connectivity index (χ1) is 7.13. The maximum atomic E-state index is 12.7. The fourth-order valence-corrected chi connectivity index (χ4v) is 0.806. The quantitative estimate of drug-likeness (QED) is 0.595. The third-order valence-electron chi connectivity index (χ3n) is 1.51.